The van der Waals surface area contributed by atoms with E-state index in [1.807, 2.05) is 6.07 Å². The average Bonchev–Trinajstić information content (AvgIpc) is 3.32. The van der Waals surface area contributed by atoms with E-state index >= 15 is 0 Å². The van der Waals surface area contributed by atoms with Gasteiger partial charge in [-0.15, -0.1) is 0 Å². The van der Waals surface area contributed by atoms with Crippen LogP contribution in [-0.4, -0.2) is 59.9 Å². The number of alkyl halides is 2. The fraction of sp³-hybridized carbons (Fsp3) is 0.778. The third kappa shape index (κ3) is 4.34. The smallest absolute Gasteiger partial charge is 0.318 e. The van der Waals surface area contributed by atoms with Crippen molar-refractivity contribution in [1.29, 1.82) is 5.26 Å². The lowest BCUT2D eigenvalue weighted by molar-refractivity contribution is -0.129. The predicted octanol–water partition coefficient (Wildman–Crippen LogP) is 0.884. The largest absolute Gasteiger partial charge is 0.356 e. The van der Waals surface area contributed by atoms with Crippen LogP contribution in [0.3, 0.4) is 0 Å². The van der Waals surface area contributed by atoms with Crippen LogP contribution in [0.5, 0.6) is 0 Å². The van der Waals surface area contributed by atoms with Crippen molar-refractivity contribution in [2.24, 2.45) is 5.41 Å². The number of nitrogens with one attached hydrogen (secondary N) is 3. The van der Waals surface area contributed by atoms with E-state index in [0.29, 0.717) is 52.2 Å². The van der Waals surface area contributed by atoms with Crippen LogP contribution in [0.1, 0.15) is 45.4 Å². The van der Waals surface area contributed by atoms with Crippen molar-refractivity contribution < 1.29 is 23.2 Å². The number of hydrogen-bond donors (Lipinski definition) is 3. The highest BCUT2D eigenvalue weighted by Crippen LogP contribution is 2.38. The Morgan fingerprint density at radius 1 is 1.29 bits per heavy atom. The van der Waals surface area contributed by atoms with Crippen LogP contribution in [-0.2, 0) is 9.59 Å². The molecule has 4 amide bonds. The van der Waals surface area contributed by atoms with Gasteiger partial charge in [0.1, 0.15) is 11.6 Å². The molecule has 3 fully saturated rings. The molecule has 154 valence electrons. The molecule has 1 unspecified atom stereocenters. The Labute approximate surface area is 162 Å². The second-order valence-electron chi connectivity index (χ2n) is 8.23. The molecule has 3 rings (SSSR count). The molecular weight excluding hydrogens is 372 g/mol. The molecule has 10 heteroatoms. The zero-order valence-electron chi connectivity index (χ0n) is 15.8. The lowest BCUT2D eigenvalue weighted by atomic mass is 9.77. The number of carbonyl (C=O) groups is 3. The van der Waals surface area contributed by atoms with Gasteiger partial charge in [0.25, 0.3) is 0 Å². The highest BCUT2D eigenvalue weighted by molar-refractivity contribution is 5.88. The van der Waals surface area contributed by atoms with Gasteiger partial charge in [-0.25, -0.2) is 13.6 Å². The summed E-state index contributed by atoms with van der Waals surface area (Å²) >= 11 is 0. The van der Waals surface area contributed by atoms with E-state index in [4.69, 9.17) is 5.26 Å². The number of rotatable bonds is 5. The van der Waals surface area contributed by atoms with E-state index in [0.717, 1.165) is 6.42 Å². The molecule has 8 nitrogen and oxygen atoms in total. The third-order valence-electron chi connectivity index (χ3n) is 5.88. The van der Waals surface area contributed by atoms with E-state index in [1.54, 1.807) is 0 Å². The molecule has 28 heavy (non-hydrogen) atoms. The second kappa shape index (κ2) is 7.18. The van der Waals surface area contributed by atoms with Crippen LogP contribution in [0, 0.1) is 16.7 Å². The first-order valence-corrected chi connectivity index (χ1v) is 9.53. The van der Waals surface area contributed by atoms with E-state index in [9.17, 15) is 23.2 Å². The first-order chi connectivity index (χ1) is 13.1. The summed E-state index contributed by atoms with van der Waals surface area (Å²) in [5.74, 6) is -3.94. The van der Waals surface area contributed by atoms with E-state index in [2.05, 4.69) is 16.0 Å². The Balaban J connectivity index is 1.60. The van der Waals surface area contributed by atoms with Crippen molar-refractivity contribution in [2.75, 3.05) is 19.6 Å². The molecule has 1 spiro atoms. The minimum absolute atomic E-state index is 0.00155. The summed E-state index contributed by atoms with van der Waals surface area (Å²) in [5.41, 5.74) is -1.45. The zero-order chi connectivity index (χ0) is 20.6. The predicted molar refractivity (Wildman–Crippen MR) is 94.1 cm³/mol. The van der Waals surface area contributed by atoms with Crippen LogP contribution >= 0.6 is 0 Å². The first kappa shape index (κ1) is 20.3. The fourth-order valence-corrected chi connectivity index (χ4v) is 3.85. The topological polar surface area (TPSA) is 114 Å². The maximum atomic E-state index is 13.5. The number of likely N-dealkylation sites (tertiary alicyclic amines) is 1. The highest BCUT2D eigenvalue weighted by atomic mass is 19.3. The molecule has 2 heterocycles. The zero-order valence-corrected chi connectivity index (χ0v) is 15.8. The van der Waals surface area contributed by atoms with E-state index in [1.165, 1.54) is 4.90 Å². The Hall–Kier alpha value is -2.44. The summed E-state index contributed by atoms with van der Waals surface area (Å²) < 4.78 is 27.1. The summed E-state index contributed by atoms with van der Waals surface area (Å²) in [7, 11) is 0. The van der Waals surface area contributed by atoms with Gasteiger partial charge in [-0.3, -0.25) is 9.59 Å². The van der Waals surface area contributed by atoms with Gasteiger partial charge < -0.3 is 20.9 Å². The molecule has 0 aromatic heterocycles. The van der Waals surface area contributed by atoms with Crippen LogP contribution < -0.4 is 16.0 Å². The van der Waals surface area contributed by atoms with E-state index in [-0.39, 0.29) is 5.91 Å². The Kier molecular flexibility index (Phi) is 5.21. The summed E-state index contributed by atoms with van der Waals surface area (Å²) in [6, 6.07) is -0.0831. The molecular formula is C18H25F2N5O3. The number of halogens is 2. The Morgan fingerprint density at radius 2 is 1.93 bits per heavy atom. The van der Waals surface area contributed by atoms with Gasteiger partial charge in [-0.1, -0.05) is 0 Å². The number of urea groups is 1. The summed E-state index contributed by atoms with van der Waals surface area (Å²) in [6.45, 7) is 1.94. The molecule has 3 N–H and O–H groups in total. The van der Waals surface area contributed by atoms with Gasteiger partial charge in [0.05, 0.1) is 11.5 Å². The summed E-state index contributed by atoms with van der Waals surface area (Å²) in [5, 5.41) is 16.8. The van der Waals surface area contributed by atoms with Crippen molar-refractivity contribution in [1.82, 2.24) is 20.9 Å². The molecule has 1 saturated carbocycles. The van der Waals surface area contributed by atoms with Gasteiger partial charge in [0.15, 0.2) is 0 Å². The van der Waals surface area contributed by atoms with Crippen LogP contribution in [0.2, 0.25) is 0 Å². The molecule has 2 aliphatic heterocycles. The molecule has 1 aliphatic carbocycles. The first-order valence-electron chi connectivity index (χ1n) is 9.53. The average molecular weight is 397 g/mol. The van der Waals surface area contributed by atoms with Crippen molar-refractivity contribution in [3.63, 3.8) is 0 Å². The SMILES string of the molecule is CC(F)(F)CC(NC(=O)N1CCC2(CCNC2=O)CC1)C(=O)NC1(C#N)CC1. The van der Waals surface area contributed by atoms with Gasteiger partial charge in [-0.2, -0.15) is 5.26 Å². The van der Waals surface area contributed by atoms with Crippen LogP contribution in [0.4, 0.5) is 13.6 Å². The van der Waals surface area contributed by atoms with Gasteiger partial charge in [0.2, 0.25) is 17.7 Å². The minimum Gasteiger partial charge on any atom is -0.356 e. The second-order valence-corrected chi connectivity index (χ2v) is 8.23. The van der Waals surface area contributed by atoms with Crippen LogP contribution in [0.25, 0.3) is 0 Å². The van der Waals surface area contributed by atoms with Crippen molar-refractivity contribution in [3.05, 3.63) is 0 Å². The lowest BCUT2D eigenvalue weighted by Gasteiger charge is -2.37. The fourth-order valence-electron chi connectivity index (χ4n) is 3.85. The van der Waals surface area contributed by atoms with Gasteiger partial charge in [-0.05, 0) is 39.0 Å². The van der Waals surface area contributed by atoms with Gasteiger partial charge >= 0.3 is 6.03 Å². The molecule has 1 atom stereocenters. The Bertz CT molecular complexity index is 703. The van der Waals surface area contributed by atoms with Crippen molar-refractivity contribution in [2.45, 2.75) is 63.0 Å². The van der Waals surface area contributed by atoms with Crippen LogP contribution in [0.15, 0.2) is 0 Å². The standard InChI is InChI=1S/C18H25F2N5O3/c1-16(19,20)10-12(13(26)24-18(11-21)2-3-18)23-15(28)25-8-5-17(6-9-25)4-7-22-14(17)27/h12H,2-10H2,1H3,(H,22,27)(H,23,28)(H,24,26). The molecule has 2 saturated heterocycles. The number of nitriles is 1. The van der Waals surface area contributed by atoms with Crippen molar-refractivity contribution >= 4 is 17.8 Å². The number of amides is 4. The number of nitrogens with zero attached hydrogens (tertiary/aromatic N) is 2. The molecule has 0 radical (unpaired) electrons. The number of carbonyl (C=O) groups excluding carboxylic acids is 3. The molecule has 0 aromatic rings. The maximum absolute atomic E-state index is 13.5. The lowest BCUT2D eigenvalue weighted by Crippen LogP contribution is -2.56. The monoisotopic (exact) mass is 397 g/mol. The molecule has 3 aliphatic rings. The maximum Gasteiger partial charge on any atom is 0.318 e. The quantitative estimate of drug-likeness (QED) is 0.639. The third-order valence-corrected chi connectivity index (χ3v) is 5.88. The van der Waals surface area contributed by atoms with Gasteiger partial charge in [0, 0.05) is 26.1 Å². The van der Waals surface area contributed by atoms with Crippen molar-refractivity contribution in [3.8, 4) is 6.07 Å². The summed E-state index contributed by atoms with van der Waals surface area (Å²) in [4.78, 5) is 38.5. The molecule has 0 bridgehead atoms. The van der Waals surface area contributed by atoms with E-state index < -0.39 is 41.3 Å². The number of piperidine rings is 1. The Morgan fingerprint density at radius 3 is 2.39 bits per heavy atom. The molecule has 0 aromatic carbocycles. The highest BCUT2D eigenvalue weighted by Gasteiger charge is 2.47. The number of hydrogen-bond acceptors (Lipinski definition) is 4. The summed E-state index contributed by atoms with van der Waals surface area (Å²) in [6.07, 6.45) is 1.81. The normalized spacial score (nSPS) is 23.5. The minimum atomic E-state index is -3.16.